The number of hydrogen-bond donors (Lipinski definition) is 0. The van der Waals surface area contributed by atoms with Crippen LogP contribution in [0.3, 0.4) is 0 Å². The summed E-state index contributed by atoms with van der Waals surface area (Å²) in [6, 6.07) is 13.8. The van der Waals surface area contributed by atoms with E-state index < -0.39 is 0 Å². The van der Waals surface area contributed by atoms with Gasteiger partial charge in [-0.1, -0.05) is 41.2 Å². The van der Waals surface area contributed by atoms with Crippen molar-refractivity contribution < 1.29 is 4.52 Å². The van der Waals surface area contributed by atoms with Crippen molar-refractivity contribution in [2.45, 2.75) is 17.8 Å². The average molecular weight is 337 g/mol. The Kier molecular flexibility index (Phi) is 3.61. The molecule has 2 aromatic heterocycles. The van der Waals surface area contributed by atoms with Crippen molar-refractivity contribution in [3.63, 3.8) is 0 Å². The van der Waals surface area contributed by atoms with Gasteiger partial charge >= 0.3 is 0 Å². The van der Waals surface area contributed by atoms with E-state index in [-0.39, 0.29) is 5.56 Å². The molecule has 0 atom stereocenters. The molecule has 2 heterocycles. The first-order chi connectivity index (χ1) is 11.6. The van der Waals surface area contributed by atoms with Crippen molar-refractivity contribution in [2.24, 2.45) is 7.05 Å². The van der Waals surface area contributed by atoms with E-state index in [0.717, 1.165) is 27.7 Å². The van der Waals surface area contributed by atoms with E-state index >= 15 is 0 Å². The number of fused-ring (bicyclic) bond motifs is 2. The van der Waals surface area contributed by atoms with Crippen LogP contribution in [0, 0.1) is 6.92 Å². The van der Waals surface area contributed by atoms with Gasteiger partial charge in [0.05, 0.1) is 16.6 Å². The molecular weight excluding hydrogens is 322 g/mol. The van der Waals surface area contributed by atoms with E-state index in [1.165, 1.54) is 11.8 Å². The van der Waals surface area contributed by atoms with Gasteiger partial charge in [-0.05, 0) is 29.8 Å². The Morgan fingerprint density at radius 3 is 2.62 bits per heavy atom. The van der Waals surface area contributed by atoms with E-state index in [1.807, 2.05) is 49.4 Å². The molecular formula is C18H15N3O2S. The van der Waals surface area contributed by atoms with Gasteiger partial charge in [0.1, 0.15) is 5.76 Å². The Balaban J connectivity index is 1.79. The number of rotatable bonds is 3. The first kappa shape index (κ1) is 15.0. The van der Waals surface area contributed by atoms with Crippen molar-refractivity contribution in [1.29, 1.82) is 0 Å². The fourth-order valence-corrected chi connectivity index (χ4v) is 3.54. The third-order valence-electron chi connectivity index (χ3n) is 3.93. The standard InChI is InChI=1S/C18H15N3O2S/c1-11-7-14(20-23-11)10-24-18-19-16-9-13-6-4-3-5-12(13)8-15(16)17(22)21(18)2/h3-9H,10H2,1-2H3. The van der Waals surface area contributed by atoms with Crippen LogP contribution in [-0.2, 0) is 12.8 Å². The molecule has 0 saturated heterocycles. The Hall–Kier alpha value is -2.60. The highest BCUT2D eigenvalue weighted by Crippen LogP contribution is 2.24. The lowest BCUT2D eigenvalue weighted by molar-refractivity contribution is 0.393. The normalized spacial score (nSPS) is 11.4. The van der Waals surface area contributed by atoms with Crippen molar-refractivity contribution in [2.75, 3.05) is 0 Å². The van der Waals surface area contributed by atoms with Crippen LogP contribution in [0.15, 0.2) is 56.9 Å². The second-order valence-electron chi connectivity index (χ2n) is 5.69. The van der Waals surface area contributed by atoms with Crippen LogP contribution < -0.4 is 5.56 Å². The highest BCUT2D eigenvalue weighted by molar-refractivity contribution is 7.98. The van der Waals surface area contributed by atoms with E-state index in [1.54, 1.807) is 11.6 Å². The van der Waals surface area contributed by atoms with Crippen LogP contribution in [0.1, 0.15) is 11.5 Å². The number of thioether (sulfide) groups is 1. The number of aromatic nitrogens is 3. The second-order valence-corrected chi connectivity index (χ2v) is 6.64. The Bertz CT molecular complexity index is 1110. The van der Waals surface area contributed by atoms with Gasteiger partial charge in [-0.15, -0.1) is 0 Å². The minimum atomic E-state index is -0.0374. The summed E-state index contributed by atoms with van der Waals surface area (Å²) >= 11 is 1.48. The first-order valence-electron chi connectivity index (χ1n) is 7.56. The van der Waals surface area contributed by atoms with Gasteiger partial charge in [0, 0.05) is 18.9 Å². The van der Waals surface area contributed by atoms with Gasteiger partial charge in [-0.3, -0.25) is 9.36 Å². The highest BCUT2D eigenvalue weighted by atomic mass is 32.2. The van der Waals surface area contributed by atoms with E-state index in [0.29, 0.717) is 16.3 Å². The molecule has 0 aliphatic heterocycles. The van der Waals surface area contributed by atoms with Crippen molar-refractivity contribution in [3.05, 3.63) is 64.3 Å². The molecule has 24 heavy (non-hydrogen) atoms. The fourth-order valence-electron chi connectivity index (χ4n) is 2.69. The fraction of sp³-hybridized carbons (Fsp3) is 0.167. The van der Waals surface area contributed by atoms with Gasteiger partial charge in [0.15, 0.2) is 5.16 Å². The average Bonchev–Trinajstić information content (AvgIpc) is 3.01. The molecule has 0 aliphatic rings. The Morgan fingerprint density at radius 1 is 1.17 bits per heavy atom. The molecule has 120 valence electrons. The highest BCUT2D eigenvalue weighted by Gasteiger charge is 2.11. The third-order valence-corrected chi connectivity index (χ3v) is 4.99. The van der Waals surface area contributed by atoms with Gasteiger partial charge < -0.3 is 4.52 Å². The summed E-state index contributed by atoms with van der Waals surface area (Å²) in [4.78, 5) is 17.4. The molecule has 4 rings (SSSR count). The lowest BCUT2D eigenvalue weighted by Crippen LogP contribution is -2.20. The summed E-state index contributed by atoms with van der Waals surface area (Å²) in [5.74, 6) is 1.38. The molecule has 0 saturated carbocycles. The van der Waals surface area contributed by atoms with Crippen molar-refractivity contribution >= 4 is 33.4 Å². The predicted molar refractivity (Wildman–Crippen MR) is 95.3 cm³/mol. The van der Waals surface area contributed by atoms with Crippen LogP contribution in [0.2, 0.25) is 0 Å². The molecule has 0 fully saturated rings. The van der Waals surface area contributed by atoms with Crippen LogP contribution >= 0.6 is 11.8 Å². The minimum absolute atomic E-state index is 0.0374. The molecule has 0 amide bonds. The summed E-state index contributed by atoms with van der Waals surface area (Å²) in [5.41, 5.74) is 1.52. The zero-order valence-electron chi connectivity index (χ0n) is 13.3. The number of nitrogens with zero attached hydrogens (tertiary/aromatic N) is 3. The Labute approximate surface area is 142 Å². The molecule has 5 nitrogen and oxygen atoms in total. The predicted octanol–water partition coefficient (Wildman–Crippen LogP) is 3.68. The molecule has 0 aliphatic carbocycles. The van der Waals surface area contributed by atoms with E-state index in [2.05, 4.69) is 10.1 Å². The molecule has 0 unspecified atom stereocenters. The smallest absolute Gasteiger partial charge is 0.261 e. The molecule has 0 radical (unpaired) electrons. The molecule has 2 aromatic carbocycles. The second kappa shape index (κ2) is 5.79. The lowest BCUT2D eigenvalue weighted by Gasteiger charge is -2.09. The quantitative estimate of drug-likeness (QED) is 0.324. The summed E-state index contributed by atoms with van der Waals surface area (Å²) < 4.78 is 6.67. The summed E-state index contributed by atoms with van der Waals surface area (Å²) in [6.07, 6.45) is 0. The molecule has 0 spiro atoms. The van der Waals surface area contributed by atoms with E-state index in [9.17, 15) is 4.79 Å². The first-order valence-corrected chi connectivity index (χ1v) is 8.55. The van der Waals surface area contributed by atoms with Gasteiger partial charge in [0.25, 0.3) is 5.56 Å². The van der Waals surface area contributed by atoms with Crippen LogP contribution in [-0.4, -0.2) is 14.7 Å². The minimum Gasteiger partial charge on any atom is -0.361 e. The number of benzene rings is 2. The maximum atomic E-state index is 12.7. The van der Waals surface area contributed by atoms with Crippen molar-refractivity contribution in [3.8, 4) is 0 Å². The number of aryl methyl sites for hydroxylation is 1. The van der Waals surface area contributed by atoms with Gasteiger partial charge in [-0.2, -0.15) is 0 Å². The SMILES string of the molecule is Cc1cc(CSc2nc3cc4ccccc4cc3c(=O)n2C)no1. The molecule has 4 aromatic rings. The van der Waals surface area contributed by atoms with Gasteiger partial charge in [-0.25, -0.2) is 4.98 Å². The monoisotopic (exact) mass is 337 g/mol. The molecule has 0 N–H and O–H groups in total. The third kappa shape index (κ3) is 2.59. The number of hydrogen-bond acceptors (Lipinski definition) is 5. The maximum absolute atomic E-state index is 12.7. The zero-order chi connectivity index (χ0) is 16.7. The molecule has 6 heteroatoms. The zero-order valence-corrected chi connectivity index (χ0v) is 14.1. The van der Waals surface area contributed by atoms with Crippen LogP contribution in [0.5, 0.6) is 0 Å². The summed E-state index contributed by atoms with van der Waals surface area (Å²) in [7, 11) is 1.75. The largest absolute Gasteiger partial charge is 0.361 e. The summed E-state index contributed by atoms with van der Waals surface area (Å²) in [6.45, 7) is 1.86. The lowest BCUT2D eigenvalue weighted by atomic mass is 10.1. The van der Waals surface area contributed by atoms with Crippen molar-refractivity contribution in [1.82, 2.24) is 14.7 Å². The Morgan fingerprint density at radius 2 is 1.92 bits per heavy atom. The topological polar surface area (TPSA) is 60.9 Å². The molecule has 0 bridgehead atoms. The maximum Gasteiger partial charge on any atom is 0.261 e. The van der Waals surface area contributed by atoms with Gasteiger partial charge in [0.2, 0.25) is 0 Å². The van der Waals surface area contributed by atoms with E-state index in [4.69, 9.17) is 4.52 Å². The summed E-state index contributed by atoms with van der Waals surface area (Å²) in [5, 5.41) is 7.40. The van der Waals surface area contributed by atoms with Crippen LogP contribution in [0.25, 0.3) is 21.7 Å². The van der Waals surface area contributed by atoms with Crippen LogP contribution in [0.4, 0.5) is 0 Å².